The second-order valence-electron chi connectivity index (χ2n) is 3.43. The summed E-state index contributed by atoms with van der Waals surface area (Å²) in [5.74, 6) is 0.0587. The van der Waals surface area contributed by atoms with Crippen molar-refractivity contribution in [3.8, 4) is 0 Å². The minimum absolute atomic E-state index is 0. The Morgan fingerprint density at radius 3 is 2.77 bits per heavy atom. The fraction of sp³-hybridized carbons (Fsp3) is 0.875. The van der Waals surface area contributed by atoms with Crippen LogP contribution in [0.4, 0.5) is 0 Å². The molecule has 0 bridgehead atoms. The third-order valence-electron chi connectivity index (χ3n) is 2.07. The maximum absolute atomic E-state index is 11.4. The van der Waals surface area contributed by atoms with Crippen LogP contribution in [0.3, 0.4) is 0 Å². The van der Waals surface area contributed by atoms with Gasteiger partial charge in [0.05, 0.1) is 6.04 Å². The molecule has 0 aliphatic carbocycles. The summed E-state index contributed by atoms with van der Waals surface area (Å²) in [4.78, 5) is 13.2. The molecule has 1 rings (SSSR count). The fourth-order valence-electron chi connectivity index (χ4n) is 1.42. The maximum atomic E-state index is 11.4. The van der Waals surface area contributed by atoms with Crippen LogP contribution >= 0.6 is 12.4 Å². The molecule has 0 spiro atoms. The standard InChI is InChI=1S/C8H17N3O.ClH/c1-6-5-11(4-3-10-6)8(12)7(2)9;/h6-7,10H,3-5,9H2,1-2H3;1H. The number of nitrogens with one attached hydrogen (secondary N) is 1. The van der Waals surface area contributed by atoms with Gasteiger partial charge in [-0.05, 0) is 13.8 Å². The number of nitrogens with zero attached hydrogens (tertiary/aromatic N) is 1. The first-order valence-electron chi connectivity index (χ1n) is 4.39. The summed E-state index contributed by atoms with van der Waals surface area (Å²) < 4.78 is 0. The highest BCUT2D eigenvalue weighted by Gasteiger charge is 2.22. The van der Waals surface area contributed by atoms with E-state index in [0.29, 0.717) is 6.04 Å². The van der Waals surface area contributed by atoms with Crippen molar-refractivity contribution in [3.63, 3.8) is 0 Å². The number of hydrogen-bond acceptors (Lipinski definition) is 3. The topological polar surface area (TPSA) is 58.4 Å². The summed E-state index contributed by atoms with van der Waals surface area (Å²) in [5.41, 5.74) is 5.50. The Morgan fingerprint density at radius 2 is 2.31 bits per heavy atom. The lowest BCUT2D eigenvalue weighted by atomic mass is 10.2. The van der Waals surface area contributed by atoms with E-state index in [1.807, 2.05) is 4.90 Å². The Labute approximate surface area is 85.3 Å². The molecule has 0 radical (unpaired) electrons. The van der Waals surface area contributed by atoms with Gasteiger partial charge in [0.25, 0.3) is 0 Å². The molecule has 0 aromatic carbocycles. The van der Waals surface area contributed by atoms with Crippen molar-refractivity contribution in [3.05, 3.63) is 0 Å². The van der Waals surface area contributed by atoms with Crippen LogP contribution in [-0.4, -0.2) is 42.5 Å². The summed E-state index contributed by atoms with van der Waals surface area (Å²) in [6.07, 6.45) is 0. The van der Waals surface area contributed by atoms with Gasteiger partial charge in [0.2, 0.25) is 5.91 Å². The van der Waals surface area contributed by atoms with Crippen LogP contribution in [0.2, 0.25) is 0 Å². The van der Waals surface area contributed by atoms with Crippen LogP contribution in [0.25, 0.3) is 0 Å². The molecule has 1 aliphatic heterocycles. The molecule has 2 atom stereocenters. The number of amides is 1. The van der Waals surface area contributed by atoms with E-state index in [0.717, 1.165) is 19.6 Å². The average molecular weight is 208 g/mol. The van der Waals surface area contributed by atoms with E-state index in [2.05, 4.69) is 12.2 Å². The Balaban J connectivity index is 0.00000144. The second-order valence-corrected chi connectivity index (χ2v) is 3.43. The molecule has 0 saturated carbocycles. The van der Waals surface area contributed by atoms with Crippen molar-refractivity contribution in [1.82, 2.24) is 10.2 Å². The lowest BCUT2D eigenvalue weighted by Crippen LogP contribution is -2.54. The maximum Gasteiger partial charge on any atom is 0.239 e. The SMILES string of the molecule is CC1CN(C(=O)C(C)N)CCN1.Cl. The smallest absolute Gasteiger partial charge is 0.239 e. The van der Waals surface area contributed by atoms with E-state index >= 15 is 0 Å². The predicted octanol–water partition coefficient (Wildman–Crippen LogP) is -0.424. The molecule has 4 nitrogen and oxygen atoms in total. The zero-order valence-corrected chi connectivity index (χ0v) is 8.93. The van der Waals surface area contributed by atoms with Crippen molar-refractivity contribution in [2.24, 2.45) is 5.73 Å². The first kappa shape index (κ1) is 12.7. The van der Waals surface area contributed by atoms with Gasteiger partial charge < -0.3 is 16.0 Å². The summed E-state index contributed by atoms with van der Waals surface area (Å²) in [7, 11) is 0. The molecule has 5 heteroatoms. The van der Waals surface area contributed by atoms with Gasteiger partial charge in [0.1, 0.15) is 0 Å². The highest BCUT2D eigenvalue weighted by atomic mass is 35.5. The van der Waals surface area contributed by atoms with Crippen LogP contribution < -0.4 is 11.1 Å². The molecule has 78 valence electrons. The van der Waals surface area contributed by atoms with Gasteiger partial charge in [-0.3, -0.25) is 4.79 Å². The van der Waals surface area contributed by atoms with E-state index in [9.17, 15) is 4.79 Å². The number of piperazine rings is 1. The van der Waals surface area contributed by atoms with E-state index in [4.69, 9.17) is 5.73 Å². The van der Waals surface area contributed by atoms with E-state index in [-0.39, 0.29) is 24.4 Å². The fourth-order valence-corrected chi connectivity index (χ4v) is 1.42. The van der Waals surface area contributed by atoms with Crippen LogP contribution in [0.15, 0.2) is 0 Å². The average Bonchev–Trinajstić information content (AvgIpc) is 2.03. The number of carbonyl (C=O) groups is 1. The normalized spacial score (nSPS) is 24.8. The van der Waals surface area contributed by atoms with Gasteiger partial charge in [0, 0.05) is 25.7 Å². The van der Waals surface area contributed by atoms with Crippen molar-refractivity contribution in [1.29, 1.82) is 0 Å². The van der Waals surface area contributed by atoms with Crippen molar-refractivity contribution in [2.75, 3.05) is 19.6 Å². The van der Waals surface area contributed by atoms with Crippen molar-refractivity contribution >= 4 is 18.3 Å². The highest BCUT2D eigenvalue weighted by Crippen LogP contribution is 2.00. The first-order valence-corrected chi connectivity index (χ1v) is 4.39. The van der Waals surface area contributed by atoms with E-state index in [1.54, 1.807) is 6.92 Å². The highest BCUT2D eigenvalue weighted by molar-refractivity contribution is 5.85. The van der Waals surface area contributed by atoms with Gasteiger partial charge in [-0.2, -0.15) is 0 Å². The minimum atomic E-state index is -0.365. The van der Waals surface area contributed by atoms with Crippen LogP contribution in [0.5, 0.6) is 0 Å². The molecular weight excluding hydrogens is 190 g/mol. The summed E-state index contributed by atoms with van der Waals surface area (Å²) in [6, 6.07) is 0.0248. The number of carbonyl (C=O) groups excluding carboxylic acids is 1. The van der Waals surface area contributed by atoms with Gasteiger partial charge in [-0.15, -0.1) is 12.4 Å². The lowest BCUT2D eigenvalue weighted by Gasteiger charge is -2.32. The summed E-state index contributed by atoms with van der Waals surface area (Å²) in [6.45, 7) is 6.24. The third kappa shape index (κ3) is 3.50. The molecule has 1 saturated heterocycles. The largest absolute Gasteiger partial charge is 0.339 e. The van der Waals surface area contributed by atoms with E-state index in [1.165, 1.54) is 0 Å². The zero-order chi connectivity index (χ0) is 9.14. The summed E-state index contributed by atoms with van der Waals surface area (Å²) >= 11 is 0. The monoisotopic (exact) mass is 207 g/mol. The van der Waals surface area contributed by atoms with Gasteiger partial charge in [-0.25, -0.2) is 0 Å². The predicted molar refractivity (Wildman–Crippen MR) is 54.9 cm³/mol. The van der Waals surface area contributed by atoms with Crippen LogP contribution in [0, 0.1) is 0 Å². The van der Waals surface area contributed by atoms with E-state index < -0.39 is 0 Å². The number of nitrogens with two attached hydrogens (primary N) is 1. The Kier molecular flexibility index (Phi) is 5.29. The Morgan fingerprint density at radius 1 is 1.69 bits per heavy atom. The molecule has 1 aliphatic rings. The quantitative estimate of drug-likeness (QED) is 0.614. The number of hydrogen-bond donors (Lipinski definition) is 2. The van der Waals surface area contributed by atoms with Gasteiger partial charge in [-0.1, -0.05) is 0 Å². The van der Waals surface area contributed by atoms with Gasteiger partial charge >= 0.3 is 0 Å². The second kappa shape index (κ2) is 5.42. The molecule has 13 heavy (non-hydrogen) atoms. The molecule has 3 N–H and O–H groups in total. The molecule has 2 unspecified atom stereocenters. The van der Waals surface area contributed by atoms with Crippen LogP contribution in [0.1, 0.15) is 13.8 Å². The molecular formula is C8H18ClN3O. The molecule has 1 amide bonds. The van der Waals surface area contributed by atoms with Crippen molar-refractivity contribution < 1.29 is 4.79 Å². The third-order valence-corrected chi connectivity index (χ3v) is 2.07. The first-order chi connectivity index (χ1) is 5.61. The Bertz CT molecular complexity index is 175. The van der Waals surface area contributed by atoms with Gasteiger partial charge in [0.15, 0.2) is 0 Å². The molecule has 0 aromatic rings. The number of halogens is 1. The van der Waals surface area contributed by atoms with Crippen molar-refractivity contribution in [2.45, 2.75) is 25.9 Å². The lowest BCUT2D eigenvalue weighted by molar-refractivity contribution is -0.133. The Hall–Kier alpha value is -0.320. The minimum Gasteiger partial charge on any atom is -0.339 e. The zero-order valence-electron chi connectivity index (χ0n) is 8.12. The van der Waals surface area contributed by atoms with Crippen LogP contribution in [-0.2, 0) is 4.79 Å². The molecule has 1 heterocycles. The molecule has 1 fully saturated rings. The number of rotatable bonds is 1. The summed E-state index contributed by atoms with van der Waals surface area (Å²) in [5, 5.41) is 3.27. The molecule has 0 aromatic heterocycles.